The minimum Gasteiger partial charge on any atom is -0.462 e. The van der Waals surface area contributed by atoms with E-state index in [0.717, 1.165) is 0 Å². The molecule has 1 aromatic carbocycles. The molecule has 7 rings (SSSR count). The zero-order valence-electron chi connectivity index (χ0n) is 29.0. The summed E-state index contributed by atoms with van der Waals surface area (Å²) in [6.45, 7) is 7.20. The van der Waals surface area contributed by atoms with Crippen LogP contribution >= 0.6 is 0 Å². The van der Waals surface area contributed by atoms with Gasteiger partial charge in [0.15, 0.2) is 0 Å². The van der Waals surface area contributed by atoms with Gasteiger partial charge in [0.05, 0.1) is 24.4 Å². The SMILES string of the molecule is CCO[C@]12[C@H]3[C@@H](OC(=O)c4ccccc4)[C@](O)(C[C@H]3[C@@]34[C@@H](OC)C[C@@H](OC(C)=O)[C@@]5(COC)CN(CC)[C@@H]3[C@@H]1[C@H](OC)[C@H]54)[C@@H](OC)[C@H]2O. The molecule has 1 spiro atoms. The molecule has 15 atom stereocenters. The van der Waals surface area contributed by atoms with Gasteiger partial charge in [0, 0.05) is 89.6 Å². The summed E-state index contributed by atoms with van der Waals surface area (Å²) in [5.74, 6) is -2.72. The third-order valence-corrected chi connectivity index (χ3v) is 13.5. The molecule has 266 valence electrons. The number of carbonyl (C=O) groups excluding carboxylic acids is 2. The van der Waals surface area contributed by atoms with Crippen molar-refractivity contribution in [1.29, 1.82) is 0 Å². The predicted octanol–water partition coefficient (Wildman–Crippen LogP) is 1.69. The molecule has 0 radical (unpaired) electrons. The normalized spacial score (nSPS) is 48.3. The van der Waals surface area contributed by atoms with E-state index in [9.17, 15) is 19.8 Å². The maximum Gasteiger partial charge on any atom is 0.338 e. The first-order chi connectivity index (χ1) is 23.0. The summed E-state index contributed by atoms with van der Waals surface area (Å²) < 4.78 is 44.7. The Bertz CT molecular complexity index is 1400. The number of fused-ring (bicyclic) bond motifs is 2. The molecule has 6 fully saturated rings. The fourth-order valence-electron chi connectivity index (χ4n) is 12.7. The Morgan fingerprint density at radius 2 is 1.69 bits per heavy atom. The molecule has 2 N–H and O–H groups in total. The van der Waals surface area contributed by atoms with E-state index in [1.165, 1.54) is 14.0 Å². The molecule has 1 heterocycles. The first-order valence-electron chi connectivity index (χ1n) is 17.3. The maximum absolute atomic E-state index is 13.8. The number of esters is 2. The molecule has 12 heteroatoms. The fraction of sp³-hybridized carbons (Fsp3) is 0.778. The number of aliphatic hydroxyl groups excluding tert-OH is 1. The largest absolute Gasteiger partial charge is 0.462 e. The summed E-state index contributed by atoms with van der Waals surface area (Å²) in [6.07, 6.45) is -4.37. The van der Waals surface area contributed by atoms with E-state index in [1.807, 2.05) is 13.0 Å². The number of rotatable bonds is 11. The monoisotopic (exact) mass is 673 g/mol. The lowest BCUT2D eigenvalue weighted by Gasteiger charge is -2.70. The van der Waals surface area contributed by atoms with Gasteiger partial charge in [0.1, 0.15) is 35.6 Å². The molecule has 5 saturated carbocycles. The summed E-state index contributed by atoms with van der Waals surface area (Å²) in [5.41, 5.74) is -4.14. The van der Waals surface area contributed by atoms with Crippen LogP contribution in [-0.2, 0) is 38.0 Å². The summed E-state index contributed by atoms with van der Waals surface area (Å²) >= 11 is 0. The Labute approximate surface area is 282 Å². The van der Waals surface area contributed by atoms with Crippen LogP contribution < -0.4 is 0 Å². The second-order valence-corrected chi connectivity index (χ2v) is 14.8. The number of aliphatic hydroxyl groups is 2. The van der Waals surface area contributed by atoms with Crippen LogP contribution in [0.3, 0.4) is 0 Å². The number of piperidine rings is 1. The van der Waals surface area contributed by atoms with E-state index in [2.05, 4.69) is 11.8 Å². The van der Waals surface area contributed by atoms with Crippen LogP contribution in [0.2, 0.25) is 0 Å². The molecule has 6 aliphatic rings. The summed E-state index contributed by atoms with van der Waals surface area (Å²) in [7, 11) is 6.51. The number of ether oxygens (including phenoxy) is 7. The minimum absolute atomic E-state index is 0.170. The second kappa shape index (κ2) is 12.0. The average Bonchev–Trinajstić information content (AvgIpc) is 3.44. The molecule has 7 bridgehead atoms. The lowest BCUT2D eigenvalue weighted by molar-refractivity contribution is -0.330. The number of hydrogen-bond acceptors (Lipinski definition) is 12. The lowest BCUT2D eigenvalue weighted by Crippen LogP contribution is -2.81. The fourth-order valence-corrected chi connectivity index (χ4v) is 12.7. The Hall–Kier alpha value is -2.16. The average molecular weight is 674 g/mol. The van der Waals surface area contributed by atoms with Crippen molar-refractivity contribution in [2.75, 3.05) is 54.7 Å². The maximum atomic E-state index is 13.8. The lowest BCUT2D eigenvalue weighted by atomic mass is 9.42. The summed E-state index contributed by atoms with van der Waals surface area (Å²) in [6, 6.07) is 8.51. The Morgan fingerprint density at radius 3 is 2.27 bits per heavy atom. The molecule has 1 saturated heterocycles. The molecule has 12 nitrogen and oxygen atoms in total. The zero-order chi connectivity index (χ0) is 34.4. The molecule has 48 heavy (non-hydrogen) atoms. The van der Waals surface area contributed by atoms with Crippen LogP contribution in [-0.4, -0.2) is 136 Å². The van der Waals surface area contributed by atoms with Crippen molar-refractivity contribution in [2.45, 2.75) is 87.5 Å². The van der Waals surface area contributed by atoms with Gasteiger partial charge in [-0.3, -0.25) is 9.69 Å². The van der Waals surface area contributed by atoms with Crippen molar-refractivity contribution in [2.24, 2.45) is 34.5 Å². The van der Waals surface area contributed by atoms with Gasteiger partial charge in [-0.25, -0.2) is 4.79 Å². The van der Waals surface area contributed by atoms with Crippen LogP contribution in [0.25, 0.3) is 0 Å². The highest BCUT2D eigenvalue weighted by Crippen LogP contribution is 2.80. The second-order valence-electron chi connectivity index (χ2n) is 14.8. The van der Waals surface area contributed by atoms with E-state index in [0.29, 0.717) is 31.7 Å². The topological polar surface area (TPSA) is 142 Å². The van der Waals surface area contributed by atoms with Gasteiger partial charge in [-0.1, -0.05) is 25.1 Å². The van der Waals surface area contributed by atoms with E-state index in [1.54, 1.807) is 45.6 Å². The Balaban J connectivity index is 1.51. The standard InChI is InChI=1S/C36H51NO11/c1-8-37-17-33(18-42-4)22(47-19(3)38)15-23(43-5)35-21-16-34(41)30(48-32(40)20-13-11-10-12-14-20)24(21)36(46-9-2,29(39)31(34)45-7)25(28(35)37)26(44-6)27(33)35/h10-14,21-31,39,41H,8-9,15-18H2,1-7H3/t21-,22-,23+,24-,25+,26+,27-,28-,29-,30-,31+,33+,34-,35+,36-/m1/s1. The summed E-state index contributed by atoms with van der Waals surface area (Å²) in [4.78, 5) is 28.9. The van der Waals surface area contributed by atoms with Gasteiger partial charge in [0.25, 0.3) is 0 Å². The van der Waals surface area contributed by atoms with Gasteiger partial charge < -0.3 is 43.4 Å². The number of nitrogens with zero attached hydrogens (tertiary/aromatic N) is 1. The van der Waals surface area contributed by atoms with Crippen LogP contribution in [0, 0.1) is 34.5 Å². The van der Waals surface area contributed by atoms with E-state index in [-0.39, 0.29) is 36.9 Å². The zero-order valence-corrected chi connectivity index (χ0v) is 29.0. The highest BCUT2D eigenvalue weighted by molar-refractivity contribution is 5.89. The van der Waals surface area contributed by atoms with E-state index < -0.39 is 76.5 Å². The third-order valence-electron chi connectivity index (χ3n) is 13.5. The molecule has 0 aromatic heterocycles. The van der Waals surface area contributed by atoms with Crippen molar-refractivity contribution in [3.8, 4) is 0 Å². The van der Waals surface area contributed by atoms with Gasteiger partial charge in [0.2, 0.25) is 0 Å². The quantitative estimate of drug-likeness (QED) is 0.330. The number of carbonyl (C=O) groups is 2. The smallest absolute Gasteiger partial charge is 0.338 e. The van der Waals surface area contributed by atoms with Crippen LogP contribution in [0.5, 0.6) is 0 Å². The highest BCUT2D eigenvalue weighted by Gasteiger charge is 2.91. The van der Waals surface area contributed by atoms with Crippen molar-refractivity contribution < 1.29 is 53.0 Å². The molecular weight excluding hydrogens is 622 g/mol. The van der Waals surface area contributed by atoms with Gasteiger partial charge in [-0.15, -0.1) is 0 Å². The van der Waals surface area contributed by atoms with Crippen molar-refractivity contribution >= 4 is 11.9 Å². The molecule has 0 unspecified atom stereocenters. The Kier molecular flexibility index (Phi) is 8.55. The molecule has 0 amide bonds. The molecule has 1 aliphatic heterocycles. The third kappa shape index (κ3) is 4.00. The van der Waals surface area contributed by atoms with E-state index in [4.69, 9.17) is 33.2 Å². The van der Waals surface area contributed by atoms with Gasteiger partial charge in [-0.05, 0) is 37.9 Å². The van der Waals surface area contributed by atoms with Crippen molar-refractivity contribution in [3.63, 3.8) is 0 Å². The number of methoxy groups -OCH3 is 4. The molecule has 5 aliphatic carbocycles. The van der Waals surface area contributed by atoms with Gasteiger partial charge >= 0.3 is 11.9 Å². The van der Waals surface area contributed by atoms with Crippen LogP contribution in [0.15, 0.2) is 30.3 Å². The number of benzene rings is 1. The van der Waals surface area contributed by atoms with Crippen LogP contribution in [0.4, 0.5) is 0 Å². The molecule has 1 aromatic rings. The Morgan fingerprint density at radius 1 is 0.958 bits per heavy atom. The first-order valence-corrected chi connectivity index (χ1v) is 17.3. The van der Waals surface area contributed by atoms with E-state index >= 15 is 0 Å². The number of hydrogen-bond donors (Lipinski definition) is 2. The first kappa shape index (κ1) is 34.3. The predicted molar refractivity (Wildman–Crippen MR) is 170 cm³/mol. The highest BCUT2D eigenvalue weighted by atomic mass is 16.6. The molecular formula is C36H51NO11. The van der Waals surface area contributed by atoms with Crippen molar-refractivity contribution in [1.82, 2.24) is 4.90 Å². The van der Waals surface area contributed by atoms with Gasteiger partial charge in [-0.2, -0.15) is 0 Å². The minimum atomic E-state index is -1.74. The number of likely N-dealkylation sites (tertiary alicyclic amines) is 1. The van der Waals surface area contributed by atoms with Crippen LogP contribution in [0.1, 0.15) is 44.0 Å². The van der Waals surface area contributed by atoms with Crippen molar-refractivity contribution in [3.05, 3.63) is 35.9 Å². The summed E-state index contributed by atoms with van der Waals surface area (Å²) in [5, 5.41) is 25.5.